The van der Waals surface area contributed by atoms with Crippen molar-refractivity contribution in [3.05, 3.63) is 72.1 Å². The maximum atomic E-state index is 14.9. The van der Waals surface area contributed by atoms with E-state index < -0.39 is 24.3 Å². The monoisotopic (exact) mass is 499 g/mol. The van der Waals surface area contributed by atoms with E-state index in [-0.39, 0.29) is 36.7 Å². The topological polar surface area (TPSA) is 110 Å². The van der Waals surface area contributed by atoms with Crippen molar-refractivity contribution >= 4 is 18.0 Å². The number of nitrogens with two attached hydrogens (primary N) is 1. The number of anilines is 1. The first-order chi connectivity index (χ1) is 17.3. The summed E-state index contributed by atoms with van der Waals surface area (Å²) in [5.41, 5.74) is 6.01. The highest BCUT2D eigenvalue weighted by atomic mass is 19.3. The highest BCUT2D eigenvalue weighted by Crippen LogP contribution is 2.39. The maximum Gasteiger partial charge on any atom is 0.257 e. The van der Waals surface area contributed by atoms with Gasteiger partial charge in [0.2, 0.25) is 5.91 Å². The first-order valence-electron chi connectivity index (χ1n) is 11.6. The van der Waals surface area contributed by atoms with Crippen molar-refractivity contribution in [2.45, 2.75) is 25.3 Å². The lowest BCUT2D eigenvalue weighted by atomic mass is 9.85. The Labute approximate surface area is 209 Å². The van der Waals surface area contributed by atoms with Gasteiger partial charge in [0, 0.05) is 38.7 Å². The maximum absolute atomic E-state index is 14.9. The molecule has 10 heteroatoms. The fourth-order valence-electron chi connectivity index (χ4n) is 3.93. The van der Waals surface area contributed by atoms with E-state index in [9.17, 15) is 18.4 Å². The molecule has 2 aromatic rings. The fourth-order valence-corrected chi connectivity index (χ4v) is 3.93. The number of allylic oxidation sites excluding steroid dienone is 1. The third kappa shape index (κ3) is 6.96. The first-order valence-corrected chi connectivity index (χ1v) is 11.6. The van der Waals surface area contributed by atoms with Gasteiger partial charge in [0.25, 0.3) is 5.92 Å². The molecule has 4 N–H and O–H groups in total. The number of carbonyl (C=O) groups excluding carboxylic acids is 2. The summed E-state index contributed by atoms with van der Waals surface area (Å²) in [7, 11) is 1.59. The number of halogens is 2. The number of para-hydroxylation sites is 1. The highest BCUT2D eigenvalue weighted by Gasteiger charge is 2.46. The molecule has 1 amide bonds. The molecule has 192 valence electrons. The van der Waals surface area contributed by atoms with Crippen LogP contribution < -0.4 is 21.1 Å². The number of ether oxygens (including phenoxy) is 1. The minimum atomic E-state index is -3.01. The molecule has 1 fully saturated rings. The van der Waals surface area contributed by atoms with Gasteiger partial charge in [-0.1, -0.05) is 18.2 Å². The Kier molecular flexibility index (Phi) is 9.26. The summed E-state index contributed by atoms with van der Waals surface area (Å²) >= 11 is 0. The molecule has 1 saturated heterocycles. The van der Waals surface area contributed by atoms with Crippen LogP contribution >= 0.6 is 0 Å². The average Bonchev–Trinajstić information content (AvgIpc) is 2.88. The highest BCUT2D eigenvalue weighted by molar-refractivity contribution is 5.93. The van der Waals surface area contributed by atoms with Crippen LogP contribution in [-0.2, 0) is 9.59 Å². The fraction of sp³-hybridized carbons (Fsp3) is 0.346. The number of alkyl halides is 2. The zero-order valence-corrected chi connectivity index (χ0v) is 20.3. The Hall–Kier alpha value is -3.63. The van der Waals surface area contributed by atoms with Crippen LogP contribution in [0.15, 0.2) is 72.1 Å². The first kappa shape index (κ1) is 27.0. The average molecular weight is 500 g/mol. The van der Waals surface area contributed by atoms with Gasteiger partial charge in [-0.25, -0.2) is 13.8 Å². The standard InChI is InChI=1S/C26H31F2N5O3/c1-18(25(35)32-24-9-8-22(15-31-24)36-21-6-4-3-5-7-21)33-11-10-26(27,28)23(16-33)20(14-30-2)12-19(13-29)17-34/h3-9,12,14-15,17-18,23,30H,10-11,13,16,29H2,1-2H3,(H,31,32,35)/b19-12-,20-14+. The van der Waals surface area contributed by atoms with Crippen LogP contribution in [0.1, 0.15) is 13.3 Å². The third-order valence-electron chi connectivity index (χ3n) is 6.01. The van der Waals surface area contributed by atoms with Crippen LogP contribution in [0, 0.1) is 5.92 Å². The third-order valence-corrected chi connectivity index (χ3v) is 6.01. The number of hydrogen-bond acceptors (Lipinski definition) is 7. The van der Waals surface area contributed by atoms with Crippen molar-refractivity contribution < 1.29 is 23.1 Å². The normalized spacial score (nSPS) is 19.3. The summed E-state index contributed by atoms with van der Waals surface area (Å²) < 4.78 is 35.5. The van der Waals surface area contributed by atoms with Gasteiger partial charge in [0.1, 0.15) is 23.6 Å². The Bertz CT molecular complexity index is 1090. The number of benzene rings is 1. The summed E-state index contributed by atoms with van der Waals surface area (Å²) in [6.45, 7) is 1.58. The van der Waals surface area contributed by atoms with Crippen LogP contribution in [0.2, 0.25) is 0 Å². The second kappa shape index (κ2) is 12.4. The van der Waals surface area contributed by atoms with Crippen LogP contribution in [0.5, 0.6) is 11.5 Å². The molecule has 0 saturated carbocycles. The van der Waals surface area contributed by atoms with Crippen LogP contribution in [0.3, 0.4) is 0 Å². The molecular weight excluding hydrogens is 468 g/mol. The van der Waals surface area contributed by atoms with E-state index in [2.05, 4.69) is 15.6 Å². The summed E-state index contributed by atoms with van der Waals surface area (Å²) in [4.78, 5) is 30.0. The predicted molar refractivity (Wildman–Crippen MR) is 134 cm³/mol. The number of nitrogens with zero attached hydrogens (tertiary/aromatic N) is 2. The number of likely N-dealkylation sites (tertiary alicyclic amines) is 1. The molecule has 0 bridgehead atoms. The van der Waals surface area contributed by atoms with Crippen LogP contribution in [0.4, 0.5) is 14.6 Å². The number of nitrogens with one attached hydrogen (secondary N) is 2. The Morgan fingerprint density at radius 2 is 2.03 bits per heavy atom. The van der Waals surface area contributed by atoms with Gasteiger partial charge in [-0.05, 0) is 49.0 Å². The largest absolute Gasteiger partial charge is 0.456 e. The second-order valence-electron chi connectivity index (χ2n) is 8.49. The Morgan fingerprint density at radius 3 is 2.64 bits per heavy atom. The van der Waals surface area contributed by atoms with Crippen LogP contribution in [0.25, 0.3) is 0 Å². The molecule has 0 spiro atoms. The Balaban J connectivity index is 1.68. The molecule has 1 aliphatic heterocycles. The lowest BCUT2D eigenvalue weighted by Crippen LogP contribution is -2.53. The van der Waals surface area contributed by atoms with Gasteiger partial charge in [0.15, 0.2) is 0 Å². The molecule has 1 aromatic carbocycles. The van der Waals surface area contributed by atoms with Crippen LogP contribution in [-0.4, -0.2) is 60.7 Å². The number of amides is 1. The molecule has 0 radical (unpaired) electrons. The van der Waals surface area contributed by atoms with E-state index in [1.165, 1.54) is 18.5 Å². The smallest absolute Gasteiger partial charge is 0.257 e. The van der Waals surface area contributed by atoms with Gasteiger partial charge in [0.05, 0.1) is 18.2 Å². The van der Waals surface area contributed by atoms with E-state index >= 15 is 0 Å². The summed E-state index contributed by atoms with van der Waals surface area (Å²) in [6, 6.07) is 11.8. The lowest BCUT2D eigenvalue weighted by Gasteiger charge is -2.41. The number of aromatic nitrogens is 1. The quantitative estimate of drug-likeness (QED) is 0.261. The molecule has 1 aromatic heterocycles. The van der Waals surface area contributed by atoms with Crippen molar-refractivity contribution in [3.63, 3.8) is 0 Å². The number of hydrogen-bond donors (Lipinski definition) is 3. The molecule has 0 aliphatic carbocycles. The van der Waals surface area contributed by atoms with Gasteiger partial charge in [-0.3, -0.25) is 14.5 Å². The van der Waals surface area contributed by atoms with E-state index in [4.69, 9.17) is 10.5 Å². The zero-order valence-electron chi connectivity index (χ0n) is 20.3. The molecular formula is C26H31F2N5O3. The van der Waals surface area contributed by atoms with Gasteiger partial charge in [-0.2, -0.15) is 0 Å². The SMILES string of the molecule is CN/C=C(\C=C(/C=O)CN)C1CN(C(C)C(=O)Nc2ccc(Oc3ccccc3)cn2)CCC1(F)F. The molecule has 8 nitrogen and oxygen atoms in total. The number of rotatable bonds is 10. The molecule has 36 heavy (non-hydrogen) atoms. The zero-order chi connectivity index (χ0) is 26.1. The molecule has 1 aliphatic rings. The van der Waals surface area contributed by atoms with Gasteiger partial charge in [-0.15, -0.1) is 0 Å². The van der Waals surface area contributed by atoms with E-state index in [1.54, 1.807) is 31.0 Å². The summed E-state index contributed by atoms with van der Waals surface area (Å²) in [5, 5.41) is 5.50. The van der Waals surface area contributed by atoms with Crippen molar-refractivity contribution in [1.29, 1.82) is 0 Å². The summed E-state index contributed by atoms with van der Waals surface area (Å²) in [5.74, 6) is -3.10. The summed E-state index contributed by atoms with van der Waals surface area (Å²) in [6.07, 6.45) is 4.46. The predicted octanol–water partition coefficient (Wildman–Crippen LogP) is 3.35. The van der Waals surface area contributed by atoms with Crippen molar-refractivity contribution in [2.75, 3.05) is 32.0 Å². The number of pyridine rings is 1. The minimum absolute atomic E-state index is 0.0450. The number of aldehydes is 1. The Morgan fingerprint density at radius 1 is 1.28 bits per heavy atom. The van der Waals surface area contributed by atoms with E-state index in [1.807, 2.05) is 30.3 Å². The van der Waals surface area contributed by atoms with Crippen molar-refractivity contribution in [2.24, 2.45) is 11.7 Å². The van der Waals surface area contributed by atoms with Crippen molar-refractivity contribution in [1.82, 2.24) is 15.2 Å². The van der Waals surface area contributed by atoms with Gasteiger partial charge >= 0.3 is 0 Å². The number of carbonyl (C=O) groups is 2. The number of piperidine rings is 1. The minimum Gasteiger partial charge on any atom is -0.456 e. The van der Waals surface area contributed by atoms with E-state index in [0.717, 1.165) is 0 Å². The molecule has 2 atom stereocenters. The second-order valence-corrected chi connectivity index (χ2v) is 8.49. The molecule has 3 rings (SSSR count). The van der Waals surface area contributed by atoms with Gasteiger partial charge < -0.3 is 21.1 Å². The lowest BCUT2D eigenvalue weighted by molar-refractivity contribution is -0.128. The molecule has 2 heterocycles. The van der Waals surface area contributed by atoms with Crippen molar-refractivity contribution in [3.8, 4) is 11.5 Å². The molecule has 2 unspecified atom stereocenters. The van der Waals surface area contributed by atoms with E-state index in [0.29, 0.717) is 23.6 Å².